The number of hydrogen-bond acceptors (Lipinski definition) is 9. The first-order valence-electron chi connectivity index (χ1n) is 12.0. The molecule has 37 heavy (non-hydrogen) atoms. The Morgan fingerprint density at radius 3 is 2.22 bits per heavy atom. The van der Waals surface area contributed by atoms with Crippen LogP contribution in [0, 0.1) is 11.8 Å². The Labute approximate surface area is 214 Å². The number of benzene rings is 1. The first kappa shape index (κ1) is 26.6. The predicted octanol–water partition coefficient (Wildman–Crippen LogP) is 1.62. The van der Waals surface area contributed by atoms with Crippen LogP contribution in [0.2, 0.25) is 0 Å². The summed E-state index contributed by atoms with van der Waals surface area (Å²) in [5.74, 6) is -7.43. The van der Waals surface area contributed by atoms with Gasteiger partial charge in [-0.15, -0.1) is 0 Å². The van der Waals surface area contributed by atoms with Crippen molar-refractivity contribution in [2.45, 2.75) is 57.6 Å². The molecule has 6 N–H and O–H groups in total. The summed E-state index contributed by atoms with van der Waals surface area (Å²) in [7, 11) is 3.13. The van der Waals surface area contributed by atoms with Gasteiger partial charge in [0.05, 0.1) is 11.6 Å². The maximum absolute atomic E-state index is 13.9. The number of aromatic hydroxyl groups is 1. The summed E-state index contributed by atoms with van der Waals surface area (Å²) in [5.41, 5.74) is 1.71. The minimum absolute atomic E-state index is 0.0368. The number of Topliss-reactive ketones (excluding diaryl/α,β-unsaturated/α-hetero) is 3. The number of aliphatic hydroxyl groups excluding tert-OH is 2. The van der Waals surface area contributed by atoms with Crippen molar-refractivity contribution in [2.24, 2.45) is 17.6 Å². The smallest absolute Gasteiger partial charge is 0.255 e. The van der Waals surface area contributed by atoms with Crippen molar-refractivity contribution in [2.75, 3.05) is 14.1 Å². The molecule has 0 saturated heterocycles. The Hall–Kier alpha value is -3.50. The maximum atomic E-state index is 13.9. The number of allylic oxidation sites excluding steroid dienone is 1. The van der Waals surface area contributed by atoms with Crippen LogP contribution in [0.5, 0.6) is 5.75 Å². The molecule has 0 fully saturated rings. The number of nitrogens with zero attached hydrogens (tertiary/aromatic N) is 1. The van der Waals surface area contributed by atoms with E-state index in [-0.39, 0.29) is 41.1 Å². The second-order valence-electron chi connectivity index (χ2n) is 11.4. The number of carbonyl (C=O) groups excluding carboxylic acids is 4. The fourth-order valence-corrected chi connectivity index (χ4v) is 6.20. The van der Waals surface area contributed by atoms with Crippen LogP contribution >= 0.6 is 0 Å². The second kappa shape index (κ2) is 8.26. The van der Waals surface area contributed by atoms with Gasteiger partial charge >= 0.3 is 0 Å². The predicted molar refractivity (Wildman–Crippen MR) is 132 cm³/mol. The monoisotopic (exact) mass is 512 g/mol. The highest BCUT2D eigenvalue weighted by molar-refractivity contribution is 6.25. The minimum Gasteiger partial charge on any atom is -0.510 e. The van der Waals surface area contributed by atoms with Gasteiger partial charge in [0.2, 0.25) is 5.78 Å². The number of rotatable bonds is 3. The Morgan fingerprint density at radius 2 is 1.73 bits per heavy atom. The molecule has 0 spiro atoms. The number of carbonyl (C=O) groups is 4. The molecule has 3 aliphatic carbocycles. The molecule has 0 aromatic heterocycles. The first-order chi connectivity index (χ1) is 17.0. The van der Waals surface area contributed by atoms with Crippen molar-refractivity contribution in [1.82, 2.24) is 4.90 Å². The normalized spacial score (nSPS) is 27.7. The first-order valence-corrected chi connectivity index (χ1v) is 12.0. The molecule has 0 radical (unpaired) electrons. The Balaban J connectivity index is 2.02. The molecule has 4 rings (SSSR count). The van der Waals surface area contributed by atoms with Gasteiger partial charge in [0.25, 0.3) is 5.91 Å². The van der Waals surface area contributed by atoms with E-state index < -0.39 is 63.5 Å². The lowest BCUT2D eigenvalue weighted by Gasteiger charge is -2.50. The van der Waals surface area contributed by atoms with E-state index in [1.54, 1.807) is 20.2 Å². The number of aliphatic hydroxyl groups is 3. The van der Waals surface area contributed by atoms with Crippen molar-refractivity contribution in [1.29, 1.82) is 0 Å². The number of amides is 1. The van der Waals surface area contributed by atoms with Gasteiger partial charge in [-0.25, -0.2) is 0 Å². The van der Waals surface area contributed by atoms with Crippen molar-refractivity contribution in [3.05, 3.63) is 51.0 Å². The number of fused-ring (bicyclic) bond motifs is 3. The summed E-state index contributed by atoms with van der Waals surface area (Å²) in [6, 6.07) is 0.507. The van der Waals surface area contributed by atoms with E-state index in [9.17, 15) is 39.6 Å². The highest BCUT2D eigenvalue weighted by Gasteiger charge is 2.63. The second-order valence-corrected chi connectivity index (χ2v) is 11.4. The van der Waals surface area contributed by atoms with Crippen LogP contribution in [0.25, 0.3) is 0 Å². The van der Waals surface area contributed by atoms with Gasteiger partial charge in [-0.2, -0.15) is 0 Å². The summed E-state index contributed by atoms with van der Waals surface area (Å²) < 4.78 is 0. The Morgan fingerprint density at radius 1 is 1.14 bits per heavy atom. The molecule has 1 amide bonds. The molecule has 0 aliphatic heterocycles. The number of nitrogens with two attached hydrogens (primary N) is 1. The van der Waals surface area contributed by atoms with Gasteiger partial charge in [0.15, 0.2) is 17.2 Å². The van der Waals surface area contributed by atoms with E-state index in [4.69, 9.17) is 5.73 Å². The zero-order valence-electron chi connectivity index (χ0n) is 21.7. The molecule has 10 heteroatoms. The van der Waals surface area contributed by atoms with Gasteiger partial charge in [-0.05, 0) is 56.8 Å². The van der Waals surface area contributed by atoms with E-state index in [0.29, 0.717) is 11.1 Å². The summed E-state index contributed by atoms with van der Waals surface area (Å²) >= 11 is 0. The van der Waals surface area contributed by atoms with Crippen LogP contribution < -0.4 is 5.73 Å². The molecule has 3 aliphatic rings. The van der Waals surface area contributed by atoms with Crippen molar-refractivity contribution >= 4 is 23.3 Å². The molecule has 1 aromatic rings. The van der Waals surface area contributed by atoms with E-state index in [2.05, 4.69) is 0 Å². The molecule has 0 bridgehead atoms. The molecule has 10 nitrogen and oxygen atoms in total. The molecule has 198 valence electrons. The van der Waals surface area contributed by atoms with Gasteiger partial charge in [-0.1, -0.05) is 20.8 Å². The number of primary amides is 1. The van der Waals surface area contributed by atoms with E-state index in [1.807, 2.05) is 20.8 Å². The number of phenolic OH excluding ortho intramolecular Hbond substituents is 1. The number of phenols is 1. The molecule has 0 saturated carbocycles. The SMILES string of the molecule is CC(=O)c1cc(C(C)(C)C)c(O)c2c1CC1CC3C(N(C)C)C(O)=C(C(N)=O)C(=O)C3(O)C(O)=C1C2=O. The average Bonchev–Trinajstić information content (AvgIpc) is 2.74. The van der Waals surface area contributed by atoms with E-state index in [0.717, 1.165) is 0 Å². The van der Waals surface area contributed by atoms with Crippen molar-refractivity contribution in [3.63, 3.8) is 0 Å². The largest absolute Gasteiger partial charge is 0.510 e. The highest BCUT2D eigenvalue weighted by Crippen LogP contribution is 2.53. The standard InChI is InChI=1S/C27H32N2O8/c1-10(30)12-9-15(26(2,3)4)20(31)17-13(12)7-11-8-14-19(29(5)6)22(33)18(25(28)36)24(35)27(14,37)23(34)16(11)21(17)32/h9,11,14,19,31,33-34,37H,7-8H2,1-6H3,(H2,28,36). The average molecular weight is 513 g/mol. The van der Waals surface area contributed by atoms with Gasteiger partial charge in [0, 0.05) is 22.6 Å². The summed E-state index contributed by atoms with van der Waals surface area (Å²) in [6.07, 6.45) is 0.0341. The lowest BCUT2D eigenvalue weighted by atomic mass is 9.58. The van der Waals surface area contributed by atoms with Crippen LogP contribution in [0.15, 0.2) is 28.7 Å². The topological polar surface area (TPSA) is 178 Å². The van der Waals surface area contributed by atoms with Crippen molar-refractivity contribution in [3.8, 4) is 5.75 Å². The minimum atomic E-state index is -2.70. The Kier molecular flexibility index (Phi) is 5.93. The van der Waals surface area contributed by atoms with Crippen molar-refractivity contribution < 1.29 is 39.6 Å². The molecule has 0 heterocycles. The summed E-state index contributed by atoms with van der Waals surface area (Å²) in [4.78, 5) is 53.4. The fraction of sp³-hybridized carbons (Fsp3) is 0.481. The van der Waals surface area contributed by atoms with Gasteiger partial charge in [0.1, 0.15) is 22.8 Å². The zero-order valence-corrected chi connectivity index (χ0v) is 21.7. The van der Waals surface area contributed by atoms with Gasteiger partial charge < -0.3 is 26.2 Å². The molecular formula is C27H32N2O8. The lowest BCUT2D eigenvalue weighted by molar-refractivity contribution is -0.148. The van der Waals surface area contributed by atoms with Gasteiger partial charge in [-0.3, -0.25) is 24.1 Å². The zero-order chi connectivity index (χ0) is 27.9. The molecule has 4 unspecified atom stereocenters. The summed E-state index contributed by atoms with van der Waals surface area (Å²) in [5, 5.41) is 45.0. The third-order valence-corrected chi connectivity index (χ3v) is 7.91. The fourth-order valence-electron chi connectivity index (χ4n) is 6.20. The quantitative estimate of drug-likeness (QED) is 0.297. The van der Waals surface area contributed by atoms with Crippen LogP contribution in [-0.2, 0) is 21.4 Å². The third kappa shape index (κ3) is 3.53. The number of likely N-dealkylation sites (N-methyl/N-ethyl adjacent to an activating group) is 1. The maximum Gasteiger partial charge on any atom is 0.255 e. The molecule has 1 aromatic carbocycles. The van der Waals surface area contributed by atoms with E-state index in [1.165, 1.54) is 11.8 Å². The number of hydrogen-bond donors (Lipinski definition) is 5. The number of ketones is 3. The third-order valence-electron chi connectivity index (χ3n) is 7.91. The summed E-state index contributed by atoms with van der Waals surface area (Å²) in [6.45, 7) is 6.80. The van der Waals surface area contributed by atoms with Crippen LogP contribution in [0.1, 0.15) is 66.0 Å². The van der Waals surface area contributed by atoms with Crippen LogP contribution in [0.3, 0.4) is 0 Å². The molecular weight excluding hydrogens is 480 g/mol. The lowest BCUT2D eigenvalue weighted by Crippen LogP contribution is -2.63. The Bertz CT molecular complexity index is 1350. The highest BCUT2D eigenvalue weighted by atomic mass is 16.3. The van der Waals surface area contributed by atoms with Crippen LogP contribution in [-0.4, -0.2) is 74.3 Å². The molecule has 4 atom stereocenters. The van der Waals surface area contributed by atoms with Crippen LogP contribution in [0.4, 0.5) is 0 Å². The van der Waals surface area contributed by atoms with E-state index >= 15 is 0 Å².